The van der Waals surface area contributed by atoms with Crippen LogP contribution in [-0.4, -0.2) is 0 Å². The highest BCUT2D eigenvalue weighted by Crippen LogP contribution is 2.64. The molecule has 0 aromatic heterocycles. The lowest BCUT2D eigenvalue weighted by Gasteiger charge is -2.34. The molecule has 0 radical (unpaired) electrons. The predicted octanol–water partition coefficient (Wildman–Crippen LogP) is 16.6. The third kappa shape index (κ3) is 5.90. The number of benzene rings is 9. The van der Waals surface area contributed by atoms with E-state index in [1.54, 1.807) is 0 Å². The Bertz CT molecular complexity index is 3110. The van der Waals surface area contributed by atoms with Crippen molar-refractivity contribution in [2.45, 2.75) is 57.8 Å². The average molecular weight is 798 g/mol. The van der Waals surface area contributed by atoms with E-state index >= 15 is 0 Å². The van der Waals surface area contributed by atoms with Gasteiger partial charge in [-0.15, -0.1) is 0 Å². The standard InChI is InChI=1S/C61H51N/c1-59(2,3)44-27-32-51-52-33-28-45(60(4,5)6)38-57(52)61(56(51)37-44)55-35-26-43(50-23-15-19-42-18-13-14-22-49(42)50)36-54(55)53-34-31-48(39-58(53)61)62(46-20-11-8-12-21-46)47-29-24-41(25-30-47)40-16-9-7-10-17-40/h7-39H,1-6H3. The maximum absolute atomic E-state index is 2.55. The molecule has 0 atom stereocenters. The van der Waals surface area contributed by atoms with E-state index in [9.17, 15) is 0 Å². The van der Waals surface area contributed by atoms with Gasteiger partial charge in [-0.25, -0.2) is 0 Å². The average Bonchev–Trinajstić information content (AvgIpc) is 3.75. The fourth-order valence-corrected chi connectivity index (χ4v) is 10.4. The molecular weight excluding hydrogens is 747 g/mol. The molecule has 2 aliphatic carbocycles. The van der Waals surface area contributed by atoms with Gasteiger partial charge in [0.2, 0.25) is 0 Å². The minimum Gasteiger partial charge on any atom is -0.310 e. The Morgan fingerprint density at radius 3 is 1.48 bits per heavy atom. The highest BCUT2D eigenvalue weighted by molar-refractivity contribution is 6.01. The number of para-hydroxylation sites is 1. The van der Waals surface area contributed by atoms with Crippen molar-refractivity contribution in [3.05, 3.63) is 234 Å². The van der Waals surface area contributed by atoms with Crippen LogP contribution in [-0.2, 0) is 16.2 Å². The van der Waals surface area contributed by atoms with Crippen LogP contribution in [0.2, 0.25) is 0 Å². The zero-order valence-corrected chi connectivity index (χ0v) is 36.5. The summed E-state index contributed by atoms with van der Waals surface area (Å²) in [5, 5.41) is 2.53. The van der Waals surface area contributed by atoms with Crippen molar-refractivity contribution in [3.63, 3.8) is 0 Å². The summed E-state index contributed by atoms with van der Waals surface area (Å²) in [5.74, 6) is 0. The van der Waals surface area contributed by atoms with E-state index in [2.05, 4.69) is 247 Å². The molecular formula is C61H51N. The van der Waals surface area contributed by atoms with E-state index < -0.39 is 5.41 Å². The van der Waals surface area contributed by atoms with Gasteiger partial charge in [-0.1, -0.05) is 199 Å². The Hall–Kier alpha value is -6.96. The zero-order valence-electron chi connectivity index (χ0n) is 36.5. The second-order valence-electron chi connectivity index (χ2n) is 19.4. The van der Waals surface area contributed by atoms with Gasteiger partial charge in [0.1, 0.15) is 0 Å². The first-order chi connectivity index (χ1) is 30.0. The topological polar surface area (TPSA) is 3.24 Å². The van der Waals surface area contributed by atoms with Crippen LogP contribution in [0.1, 0.15) is 74.9 Å². The van der Waals surface area contributed by atoms with Gasteiger partial charge in [0.25, 0.3) is 0 Å². The van der Waals surface area contributed by atoms with Crippen LogP contribution >= 0.6 is 0 Å². The quantitative estimate of drug-likeness (QED) is 0.168. The predicted molar refractivity (Wildman–Crippen MR) is 263 cm³/mol. The van der Waals surface area contributed by atoms with Crippen molar-refractivity contribution < 1.29 is 0 Å². The van der Waals surface area contributed by atoms with E-state index in [-0.39, 0.29) is 10.8 Å². The third-order valence-corrected chi connectivity index (χ3v) is 13.6. The highest BCUT2D eigenvalue weighted by Gasteiger charge is 2.52. The molecule has 0 saturated heterocycles. The Balaban J connectivity index is 1.21. The summed E-state index contributed by atoms with van der Waals surface area (Å²) < 4.78 is 0. The summed E-state index contributed by atoms with van der Waals surface area (Å²) in [4.78, 5) is 2.43. The van der Waals surface area contributed by atoms with E-state index in [4.69, 9.17) is 0 Å². The number of hydrogen-bond donors (Lipinski definition) is 0. The summed E-state index contributed by atoms with van der Waals surface area (Å²) >= 11 is 0. The Morgan fingerprint density at radius 1 is 0.323 bits per heavy atom. The second kappa shape index (κ2) is 14.0. The molecule has 62 heavy (non-hydrogen) atoms. The normalized spacial score (nSPS) is 13.5. The fraction of sp³-hybridized carbons (Fsp3) is 0.148. The molecule has 1 spiro atoms. The molecule has 0 saturated carbocycles. The molecule has 300 valence electrons. The molecule has 0 bridgehead atoms. The van der Waals surface area contributed by atoms with Crippen molar-refractivity contribution in [2.24, 2.45) is 0 Å². The van der Waals surface area contributed by atoms with Gasteiger partial charge in [-0.2, -0.15) is 0 Å². The first-order valence-electron chi connectivity index (χ1n) is 22.1. The lowest BCUT2D eigenvalue weighted by atomic mass is 9.68. The van der Waals surface area contributed by atoms with Gasteiger partial charge in [-0.05, 0) is 142 Å². The molecule has 0 amide bonds. The first kappa shape index (κ1) is 38.0. The van der Waals surface area contributed by atoms with Gasteiger partial charge < -0.3 is 4.90 Å². The van der Waals surface area contributed by atoms with E-state index in [1.165, 1.54) is 88.7 Å². The van der Waals surface area contributed by atoms with Crippen molar-refractivity contribution in [3.8, 4) is 44.5 Å². The van der Waals surface area contributed by atoms with Crippen LogP contribution in [0.15, 0.2) is 200 Å². The van der Waals surface area contributed by atoms with Crippen LogP contribution in [0.4, 0.5) is 17.1 Å². The molecule has 0 heterocycles. The molecule has 1 heteroatoms. The van der Waals surface area contributed by atoms with Crippen LogP contribution in [0.25, 0.3) is 55.3 Å². The SMILES string of the molecule is CC(C)(C)c1ccc2c(c1)C1(c3ccc(-c4cccc5ccccc45)cc3-c3ccc(N(c4ccccc4)c4ccc(-c5ccccc5)cc4)cc31)c1cc(C(C)(C)C)ccc1-2. The molecule has 0 aliphatic heterocycles. The number of hydrogen-bond acceptors (Lipinski definition) is 1. The van der Waals surface area contributed by atoms with Gasteiger partial charge in [0, 0.05) is 17.1 Å². The maximum Gasteiger partial charge on any atom is 0.0726 e. The van der Waals surface area contributed by atoms with E-state index in [0.717, 1.165) is 17.1 Å². The lowest BCUT2D eigenvalue weighted by molar-refractivity contribution is 0.586. The van der Waals surface area contributed by atoms with Crippen LogP contribution < -0.4 is 4.90 Å². The van der Waals surface area contributed by atoms with E-state index in [1.807, 2.05) is 0 Å². The van der Waals surface area contributed by atoms with E-state index in [0.29, 0.717) is 0 Å². The number of anilines is 3. The third-order valence-electron chi connectivity index (χ3n) is 13.6. The molecule has 9 aromatic rings. The van der Waals surface area contributed by atoms with Crippen molar-refractivity contribution >= 4 is 27.8 Å². The smallest absolute Gasteiger partial charge is 0.0726 e. The largest absolute Gasteiger partial charge is 0.310 e. The molecule has 0 N–H and O–H groups in total. The summed E-state index contributed by atoms with van der Waals surface area (Å²) in [6.45, 7) is 14.0. The Morgan fingerprint density at radius 2 is 0.823 bits per heavy atom. The van der Waals surface area contributed by atoms with Crippen molar-refractivity contribution in [1.82, 2.24) is 0 Å². The monoisotopic (exact) mass is 797 g/mol. The van der Waals surface area contributed by atoms with Crippen LogP contribution in [0, 0.1) is 0 Å². The van der Waals surface area contributed by atoms with Gasteiger partial charge in [0.15, 0.2) is 0 Å². The lowest BCUT2D eigenvalue weighted by Crippen LogP contribution is -2.27. The molecule has 0 fully saturated rings. The molecule has 9 aromatic carbocycles. The second-order valence-corrected chi connectivity index (χ2v) is 19.4. The number of rotatable bonds is 5. The van der Waals surface area contributed by atoms with Crippen molar-refractivity contribution in [2.75, 3.05) is 4.90 Å². The molecule has 1 nitrogen and oxygen atoms in total. The summed E-state index contributed by atoms with van der Waals surface area (Å²) in [7, 11) is 0. The van der Waals surface area contributed by atoms with Crippen LogP contribution in [0.3, 0.4) is 0 Å². The zero-order chi connectivity index (χ0) is 42.4. The minimum atomic E-state index is -0.537. The number of nitrogens with zero attached hydrogens (tertiary/aromatic N) is 1. The summed E-state index contributed by atoms with van der Waals surface area (Å²) in [6, 6.07) is 75.3. The first-order valence-corrected chi connectivity index (χ1v) is 22.1. The Kier molecular flexibility index (Phi) is 8.61. The molecule has 0 unspecified atom stereocenters. The maximum atomic E-state index is 2.55. The number of fused-ring (bicyclic) bond motifs is 11. The molecule has 11 rings (SSSR count). The van der Waals surface area contributed by atoms with Gasteiger partial charge >= 0.3 is 0 Å². The highest BCUT2D eigenvalue weighted by atomic mass is 15.1. The van der Waals surface area contributed by atoms with Crippen molar-refractivity contribution in [1.29, 1.82) is 0 Å². The van der Waals surface area contributed by atoms with Gasteiger partial charge in [-0.3, -0.25) is 0 Å². The Labute approximate surface area is 367 Å². The molecule has 2 aliphatic rings. The minimum absolute atomic E-state index is 0.0259. The fourth-order valence-electron chi connectivity index (χ4n) is 10.4. The van der Waals surface area contributed by atoms with Gasteiger partial charge in [0.05, 0.1) is 5.41 Å². The summed E-state index contributed by atoms with van der Waals surface area (Å²) in [6.07, 6.45) is 0. The van der Waals surface area contributed by atoms with Crippen LogP contribution in [0.5, 0.6) is 0 Å². The summed E-state index contributed by atoms with van der Waals surface area (Å²) in [5.41, 5.74) is 21.1.